The van der Waals surface area contributed by atoms with Gasteiger partial charge < -0.3 is 9.32 Å². The Balaban J connectivity index is 1.33. The summed E-state index contributed by atoms with van der Waals surface area (Å²) in [5.74, 6) is 0.928. The smallest absolute Gasteiger partial charge is 0.269 e. The molecule has 0 radical (unpaired) electrons. The highest BCUT2D eigenvalue weighted by molar-refractivity contribution is 5.87. The fourth-order valence-corrected chi connectivity index (χ4v) is 3.83. The van der Waals surface area contributed by atoms with Crippen molar-refractivity contribution in [3.8, 4) is 11.5 Å². The van der Waals surface area contributed by atoms with Gasteiger partial charge in [0, 0.05) is 43.9 Å². The minimum atomic E-state index is -0.574. The Hall–Kier alpha value is -3.59. The van der Waals surface area contributed by atoms with Crippen LogP contribution in [-0.4, -0.2) is 57.0 Å². The molecule has 0 atom stereocenters. The van der Waals surface area contributed by atoms with E-state index in [-0.39, 0.29) is 11.6 Å². The van der Waals surface area contributed by atoms with Gasteiger partial charge in [-0.15, -0.1) is 10.2 Å². The maximum Gasteiger partial charge on any atom is 0.269 e. The standard InChI is InChI=1S/C23H25N5O4/c1-23(2,18-6-4-3-5-7-18)22(29)27-14-12-26(13-15-27)16-20-24-25-21(32-20)17-8-10-19(11-9-17)28(30)31/h3-11H,12-16H2,1-2H3. The van der Waals surface area contributed by atoms with E-state index < -0.39 is 10.3 Å². The van der Waals surface area contributed by atoms with E-state index in [9.17, 15) is 14.9 Å². The molecule has 0 bridgehead atoms. The number of benzene rings is 2. The molecule has 1 saturated heterocycles. The number of carbonyl (C=O) groups is 1. The molecular formula is C23H25N5O4. The molecule has 0 aliphatic carbocycles. The van der Waals surface area contributed by atoms with Gasteiger partial charge in [-0.1, -0.05) is 30.3 Å². The van der Waals surface area contributed by atoms with Gasteiger partial charge in [-0.2, -0.15) is 0 Å². The molecule has 2 heterocycles. The number of hydrogen-bond acceptors (Lipinski definition) is 7. The number of carbonyl (C=O) groups excluding carboxylic acids is 1. The summed E-state index contributed by atoms with van der Waals surface area (Å²) >= 11 is 0. The third-order valence-corrected chi connectivity index (χ3v) is 5.84. The van der Waals surface area contributed by atoms with Crippen LogP contribution in [0.4, 0.5) is 5.69 Å². The maximum atomic E-state index is 13.1. The van der Waals surface area contributed by atoms with E-state index in [2.05, 4.69) is 15.1 Å². The number of amides is 1. The van der Waals surface area contributed by atoms with Gasteiger partial charge in [0.1, 0.15) is 0 Å². The van der Waals surface area contributed by atoms with Crippen LogP contribution in [0.1, 0.15) is 25.3 Å². The van der Waals surface area contributed by atoms with E-state index in [4.69, 9.17) is 4.42 Å². The number of hydrogen-bond donors (Lipinski definition) is 0. The molecule has 0 saturated carbocycles. The zero-order valence-corrected chi connectivity index (χ0v) is 18.1. The summed E-state index contributed by atoms with van der Waals surface area (Å²) in [6, 6.07) is 15.8. The van der Waals surface area contributed by atoms with Crippen molar-refractivity contribution in [3.05, 3.63) is 76.2 Å². The number of nitro groups is 1. The minimum absolute atomic E-state index is 0.0105. The number of rotatable bonds is 6. The maximum absolute atomic E-state index is 13.1. The molecule has 3 aromatic rings. The van der Waals surface area contributed by atoms with Gasteiger partial charge in [0.05, 0.1) is 16.9 Å². The van der Waals surface area contributed by atoms with Crippen molar-refractivity contribution in [1.29, 1.82) is 0 Å². The highest BCUT2D eigenvalue weighted by Gasteiger charge is 2.35. The average molecular weight is 435 g/mol. The van der Waals surface area contributed by atoms with Crippen LogP contribution in [0.2, 0.25) is 0 Å². The zero-order chi connectivity index (χ0) is 22.7. The highest BCUT2D eigenvalue weighted by Crippen LogP contribution is 2.26. The first kappa shape index (κ1) is 21.6. The van der Waals surface area contributed by atoms with E-state index in [1.807, 2.05) is 49.1 Å². The van der Waals surface area contributed by atoms with E-state index in [1.54, 1.807) is 12.1 Å². The van der Waals surface area contributed by atoms with Crippen molar-refractivity contribution in [2.45, 2.75) is 25.8 Å². The molecule has 0 N–H and O–H groups in total. The van der Waals surface area contributed by atoms with Crippen LogP contribution in [0, 0.1) is 10.1 Å². The van der Waals surface area contributed by atoms with Gasteiger partial charge in [-0.05, 0) is 31.5 Å². The van der Waals surface area contributed by atoms with Crippen molar-refractivity contribution in [3.63, 3.8) is 0 Å². The summed E-state index contributed by atoms with van der Waals surface area (Å²) in [4.78, 5) is 27.6. The van der Waals surface area contributed by atoms with Crippen molar-refractivity contribution in [2.24, 2.45) is 0 Å². The molecule has 1 aromatic heterocycles. The summed E-state index contributed by atoms with van der Waals surface area (Å²) in [6.07, 6.45) is 0. The molecule has 1 aliphatic heterocycles. The number of piperazine rings is 1. The Morgan fingerprint density at radius 1 is 1.03 bits per heavy atom. The predicted octanol–water partition coefficient (Wildman–Crippen LogP) is 3.27. The Bertz CT molecular complexity index is 1090. The van der Waals surface area contributed by atoms with Crippen LogP contribution in [0.25, 0.3) is 11.5 Å². The van der Waals surface area contributed by atoms with Gasteiger partial charge in [0.25, 0.3) is 5.69 Å². The second kappa shape index (κ2) is 8.88. The van der Waals surface area contributed by atoms with Crippen molar-refractivity contribution in [1.82, 2.24) is 20.0 Å². The van der Waals surface area contributed by atoms with E-state index >= 15 is 0 Å². The number of nitro benzene ring substituents is 1. The molecule has 9 nitrogen and oxygen atoms in total. The molecule has 1 amide bonds. The largest absolute Gasteiger partial charge is 0.419 e. The Morgan fingerprint density at radius 2 is 1.69 bits per heavy atom. The normalized spacial score (nSPS) is 15.0. The van der Waals surface area contributed by atoms with Crippen LogP contribution in [0.15, 0.2) is 59.0 Å². The lowest BCUT2D eigenvalue weighted by atomic mass is 9.83. The lowest BCUT2D eigenvalue weighted by Crippen LogP contribution is -2.52. The van der Waals surface area contributed by atoms with Crippen molar-refractivity contribution >= 4 is 11.6 Å². The summed E-state index contributed by atoms with van der Waals surface area (Å²) in [5, 5.41) is 19.0. The van der Waals surface area contributed by atoms with Crippen LogP contribution >= 0.6 is 0 Å². The molecule has 0 spiro atoms. The third-order valence-electron chi connectivity index (χ3n) is 5.84. The molecule has 1 fully saturated rings. The van der Waals surface area contributed by atoms with Crippen molar-refractivity contribution in [2.75, 3.05) is 26.2 Å². The molecular weight excluding hydrogens is 410 g/mol. The van der Waals surface area contributed by atoms with Crippen LogP contribution in [0.5, 0.6) is 0 Å². The summed E-state index contributed by atoms with van der Waals surface area (Å²) in [7, 11) is 0. The Morgan fingerprint density at radius 3 is 2.31 bits per heavy atom. The first-order valence-corrected chi connectivity index (χ1v) is 10.5. The highest BCUT2D eigenvalue weighted by atomic mass is 16.6. The van der Waals surface area contributed by atoms with Gasteiger partial charge >= 0.3 is 0 Å². The monoisotopic (exact) mass is 435 g/mol. The van der Waals surface area contributed by atoms with Gasteiger partial charge in [0.2, 0.25) is 17.7 Å². The summed E-state index contributed by atoms with van der Waals surface area (Å²) in [6.45, 7) is 7.13. The fraction of sp³-hybridized carbons (Fsp3) is 0.348. The quantitative estimate of drug-likeness (QED) is 0.432. The topological polar surface area (TPSA) is 106 Å². The third kappa shape index (κ3) is 4.52. The number of nitrogens with zero attached hydrogens (tertiary/aromatic N) is 5. The molecule has 0 unspecified atom stereocenters. The second-order valence-corrected chi connectivity index (χ2v) is 8.36. The van der Waals surface area contributed by atoms with E-state index in [1.165, 1.54) is 12.1 Å². The predicted molar refractivity (Wildman–Crippen MR) is 118 cm³/mol. The molecule has 1 aliphatic rings. The molecule has 32 heavy (non-hydrogen) atoms. The molecule has 166 valence electrons. The van der Waals surface area contributed by atoms with E-state index in [0.29, 0.717) is 50.1 Å². The summed E-state index contributed by atoms with van der Waals surface area (Å²) < 4.78 is 5.74. The number of non-ortho nitro benzene ring substituents is 1. The van der Waals surface area contributed by atoms with E-state index in [0.717, 1.165) is 5.56 Å². The van der Waals surface area contributed by atoms with Crippen molar-refractivity contribution < 1.29 is 14.1 Å². The van der Waals surface area contributed by atoms with Crippen LogP contribution in [-0.2, 0) is 16.8 Å². The minimum Gasteiger partial charge on any atom is -0.419 e. The average Bonchev–Trinajstić information content (AvgIpc) is 3.28. The van der Waals surface area contributed by atoms with Gasteiger partial charge in [-0.25, -0.2) is 0 Å². The molecule has 9 heteroatoms. The second-order valence-electron chi connectivity index (χ2n) is 8.36. The zero-order valence-electron chi connectivity index (χ0n) is 18.1. The first-order chi connectivity index (χ1) is 15.3. The van der Waals surface area contributed by atoms with Gasteiger partial charge in [0.15, 0.2) is 0 Å². The lowest BCUT2D eigenvalue weighted by Gasteiger charge is -2.38. The van der Waals surface area contributed by atoms with Gasteiger partial charge in [-0.3, -0.25) is 19.8 Å². The lowest BCUT2D eigenvalue weighted by molar-refractivity contribution is -0.384. The Labute approximate surface area is 185 Å². The Kier molecular flexibility index (Phi) is 6.00. The SMILES string of the molecule is CC(C)(C(=O)N1CCN(Cc2nnc(-c3ccc([N+](=O)[O-])cc3)o2)CC1)c1ccccc1. The summed E-state index contributed by atoms with van der Waals surface area (Å²) in [5.41, 5.74) is 1.08. The fourth-order valence-electron chi connectivity index (χ4n) is 3.83. The molecule has 4 rings (SSSR count). The molecule has 2 aromatic carbocycles. The first-order valence-electron chi connectivity index (χ1n) is 10.5. The van der Waals surface area contributed by atoms with Crippen LogP contribution < -0.4 is 0 Å². The van der Waals surface area contributed by atoms with Crippen LogP contribution in [0.3, 0.4) is 0 Å². The number of aromatic nitrogens is 2.